The van der Waals surface area contributed by atoms with E-state index in [1.165, 1.54) is 23.5 Å². The predicted octanol–water partition coefficient (Wildman–Crippen LogP) is 4.50. The van der Waals surface area contributed by atoms with Gasteiger partial charge in [0.1, 0.15) is 10.7 Å². The molecule has 1 amide bonds. The van der Waals surface area contributed by atoms with Crippen LogP contribution in [-0.4, -0.2) is 34.6 Å². The van der Waals surface area contributed by atoms with E-state index >= 15 is 0 Å². The van der Waals surface area contributed by atoms with Gasteiger partial charge in [0, 0.05) is 33.6 Å². The van der Waals surface area contributed by atoms with E-state index in [9.17, 15) is 14.0 Å². The normalized spacial score (nSPS) is 16.1. The first kappa shape index (κ1) is 18.5. The number of aromatic nitrogens is 1. The van der Waals surface area contributed by atoms with E-state index in [0.717, 1.165) is 27.2 Å². The van der Waals surface area contributed by atoms with E-state index in [2.05, 4.69) is 15.6 Å². The van der Waals surface area contributed by atoms with Crippen LogP contribution in [0.2, 0.25) is 0 Å². The number of anilines is 1. The van der Waals surface area contributed by atoms with E-state index in [1.54, 1.807) is 6.07 Å². The van der Waals surface area contributed by atoms with E-state index in [-0.39, 0.29) is 23.1 Å². The Kier molecular flexibility index (Phi) is 4.18. The first-order valence-electron chi connectivity index (χ1n) is 9.36. The fourth-order valence-electron chi connectivity index (χ4n) is 3.73. The zero-order valence-corrected chi connectivity index (χ0v) is 16.6. The third kappa shape index (κ3) is 2.88. The molecule has 0 spiro atoms. The molecule has 1 aliphatic heterocycles. The van der Waals surface area contributed by atoms with Crippen molar-refractivity contribution in [2.75, 3.05) is 11.9 Å². The molecule has 6 nitrogen and oxygen atoms in total. The molecule has 5 rings (SSSR count). The summed E-state index contributed by atoms with van der Waals surface area (Å²) in [6.45, 7) is 2.56. The number of aromatic carboxylic acids is 1. The van der Waals surface area contributed by atoms with E-state index in [4.69, 9.17) is 5.11 Å². The largest absolute Gasteiger partial charge is 0.478 e. The number of amides is 1. The van der Waals surface area contributed by atoms with Crippen molar-refractivity contribution in [2.45, 2.75) is 13.0 Å². The van der Waals surface area contributed by atoms with Gasteiger partial charge in [-0.1, -0.05) is 0 Å². The number of fused-ring (bicyclic) bond motifs is 5. The number of carboxylic acid groups (broad SMARTS) is 1. The standard InChI is InChI=1S/C22H16FN3O3S/c1-10-9-24-19-18-13-4-5-15(12-3-2-11(22(28)29)8-14(12)23)26-16(13)6-7-17(18)30-20(19)21(27)25-10/h2-8,10,24H,9H2,1H3,(H,25,27)(H,28,29)/t10-/m1/s1. The fraction of sp³-hybridized carbons (Fsp3) is 0.136. The van der Waals surface area contributed by atoms with Crippen molar-refractivity contribution < 1.29 is 19.1 Å². The van der Waals surface area contributed by atoms with Crippen LogP contribution in [0.1, 0.15) is 27.0 Å². The van der Waals surface area contributed by atoms with Gasteiger partial charge in [-0.25, -0.2) is 14.2 Å². The highest BCUT2D eigenvalue weighted by Gasteiger charge is 2.24. The average Bonchev–Trinajstić information content (AvgIpc) is 3.04. The van der Waals surface area contributed by atoms with Crippen molar-refractivity contribution in [3.63, 3.8) is 0 Å². The lowest BCUT2D eigenvalue weighted by Crippen LogP contribution is -2.34. The molecule has 3 heterocycles. The maximum Gasteiger partial charge on any atom is 0.335 e. The molecule has 0 unspecified atom stereocenters. The second-order valence-corrected chi connectivity index (χ2v) is 8.32. The first-order chi connectivity index (χ1) is 14.4. The first-order valence-corrected chi connectivity index (χ1v) is 10.2. The van der Waals surface area contributed by atoms with Gasteiger partial charge in [-0.3, -0.25) is 4.79 Å². The number of halogens is 1. The van der Waals surface area contributed by atoms with Crippen LogP contribution in [0, 0.1) is 5.82 Å². The summed E-state index contributed by atoms with van der Waals surface area (Å²) >= 11 is 1.43. The minimum atomic E-state index is -1.18. The Morgan fingerprint density at radius 1 is 1.23 bits per heavy atom. The number of hydrogen-bond donors (Lipinski definition) is 3. The van der Waals surface area contributed by atoms with Crippen LogP contribution in [0.5, 0.6) is 0 Å². The Labute approximate surface area is 174 Å². The van der Waals surface area contributed by atoms with Crippen molar-refractivity contribution in [1.29, 1.82) is 0 Å². The zero-order chi connectivity index (χ0) is 21.0. The van der Waals surface area contributed by atoms with Gasteiger partial charge in [0.15, 0.2) is 0 Å². The third-order valence-electron chi connectivity index (χ3n) is 5.18. The molecule has 4 aromatic rings. The lowest BCUT2D eigenvalue weighted by atomic mass is 10.0. The van der Waals surface area contributed by atoms with Gasteiger partial charge in [-0.05, 0) is 49.4 Å². The van der Waals surface area contributed by atoms with Gasteiger partial charge in [0.05, 0.1) is 22.5 Å². The topological polar surface area (TPSA) is 91.3 Å². The van der Waals surface area contributed by atoms with Gasteiger partial charge in [0.25, 0.3) is 5.91 Å². The quantitative estimate of drug-likeness (QED) is 0.443. The lowest BCUT2D eigenvalue weighted by molar-refractivity contribution is 0.0696. The molecule has 0 saturated heterocycles. The van der Waals surface area contributed by atoms with Crippen molar-refractivity contribution in [1.82, 2.24) is 10.3 Å². The molecule has 2 aromatic carbocycles. The average molecular weight is 421 g/mol. The minimum Gasteiger partial charge on any atom is -0.478 e. The van der Waals surface area contributed by atoms with Crippen LogP contribution in [0.4, 0.5) is 10.1 Å². The number of nitrogens with zero attached hydrogens (tertiary/aromatic N) is 1. The van der Waals surface area contributed by atoms with Crippen LogP contribution >= 0.6 is 11.3 Å². The van der Waals surface area contributed by atoms with E-state index in [0.29, 0.717) is 22.6 Å². The molecule has 0 fully saturated rings. The van der Waals surface area contributed by atoms with Gasteiger partial charge in [-0.2, -0.15) is 0 Å². The minimum absolute atomic E-state index is 0.0172. The summed E-state index contributed by atoms with van der Waals surface area (Å²) < 4.78 is 15.5. The monoisotopic (exact) mass is 421 g/mol. The highest BCUT2D eigenvalue weighted by molar-refractivity contribution is 7.21. The highest BCUT2D eigenvalue weighted by atomic mass is 32.1. The van der Waals surface area contributed by atoms with Crippen LogP contribution < -0.4 is 10.6 Å². The molecule has 0 radical (unpaired) electrons. The second-order valence-electron chi connectivity index (χ2n) is 7.26. The molecule has 0 bridgehead atoms. The highest BCUT2D eigenvalue weighted by Crippen LogP contribution is 2.41. The Balaban J connectivity index is 1.67. The molecule has 1 atom stereocenters. The third-order valence-corrected chi connectivity index (χ3v) is 6.34. The molecule has 0 aliphatic carbocycles. The van der Waals surface area contributed by atoms with Gasteiger partial charge >= 0.3 is 5.97 Å². The number of carbonyl (C=O) groups is 2. The van der Waals surface area contributed by atoms with Gasteiger partial charge in [-0.15, -0.1) is 11.3 Å². The number of nitrogens with one attached hydrogen (secondary N) is 2. The molecule has 3 N–H and O–H groups in total. The van der Waals surface area contributed by atoms with Crippen molar-refractivity contribution in [3.8, 4) is 11.3 Å². The van der Waals surface area contributed by atoms with Crippen molar-refractivity contribution in [3.05, 3.63) is 58.7 Å². The Morgan fingerprint density at radius 3 is 2.83 bits per heavy atom. The Hall–Kier alpha value is -3.52. The van der Waals surface area contributed by atoms with Crippen molar-refractivity contribution in [2.24, 2.45) is 0 Å². The Bertz CT molecular complexity index is 1370. The maximum absolute atomic E-state index is 14.5. The smallest absolute Gasteiger partial charge is 0.335 e. The lowest BCUT2D eigenvalue weighted by Gasteiger charge is -2.10. The van der Waals surface area contributed by atoms with E-state index < -0.39 is 11.8 Å². The van der Waals surface area contributed by atoms with Crippen LogP contribution in [0.15, 0.2) is 42.5 Å². The number of pyridine rings is 1. The fourth-order valence-corrected chi connectivity index (χ4v) is 4.83. The molecule has 30 heavy (non-hydrogen) atoms. The SMILES string of the molecule is C[C@@H]1CNc2c(sc3ccc4nc(-c5ccc(C(=O)O)cc5F)ccc4c23)C(=O)N1. The molecular weight excluding hydrogens is 405 g/mol. The van der Waals surface area contributed by atoms with E-state index in [1.807, 2.05) is 25.1 Å². The van der Waals surface area contributed by atoms with Crippen LogP contribution in [0.3, 0.4) is 0 Å². The predicted molar refractivity (Wildman–Crippen MR) is 115 cm³/mol. The molecular formula is C22H16FN3O3S. The summed E-state index contributed by atoms with van der Waals surface area (Å²) in [5.41, 5.74) is 2.00. The molecule has 1 aliphatic rings. The summed E-state index contributed by atoms with van der Waals surface area (Å²) in [6.07, 6.45) is 0. The van der Waals surface area contributed by atoms with Crippen LogP contribution in [-0.2, 0) is 0 Å². The summed E-state index contributed by atoms with van der Waals surface area (Å²) in [7, 11) is 0. The zero-order valence-electron chi connectivity index (χ0n) is 15.8. The summed E-state index contributed by atoms with van der Waals surface area (Å²) in [6, 6.07) is 11.1. The number of carbonyl (C=O) groups excluding carboxylic acids is 1. The molecule has 0 saturated carbocycles. The number of thiophene rings is 1. The van der Waals surface area contributed by atoms with Gasteiger partial charge < -0.3 is 15.7 Å². The van der Waals surface area contributed by atoms with Crippen LogP contribution in [0.25, 0.3) is 32.2 Å². The Morgan fingerprint density at radius 2 is 2.07 bits per heavy atom. The molecule has 2 aromatic heterocycles. The number of benzene rings is 2. The summed E-state index contributed by atoms with van der Waals surface area (Å²) in [5.74, 6) is -1.92. The number of hydrogen-bond acceptors (Lipinski definition) is 5. The summed E-state index contributed by atoms with van der Waals surface area (Å²) in [4.78, 5) is 28.8. The number of rotatable bonds is 2. The van der Waals surface area contributed by atoms with Gasteiger partial charge in [0.2, 0.25) is 0 Å². The summed E-state index contributed by atoms with van der Waals surface area (Å²) in [5, 5.41) is 17.2. The van der Waals surface area contributed by atoms with Crippen molar-refractivity contribution >= 4 is 49.9 Å². The maximum atomic E-state index is 14.5. The molecule has 150 valence electrons. The molecule has 8 heteroatoms. The number of carboxylic acids is 1. The second kappa shape index (κ2) is 6.77.